The van der Waals surface area contributed by atoms with E-state index in [9.17, 15) is 27.6 Å². The average molecular weight is 549 g/mol. The SMILES string of the molecule is COc1ccccc1-c1[nH]n(-c2ccc(C)cc2)c(=O)c1/C=C1\NC(=O)N(Cc2ccc(C(F)(F)F)cc2)C1=O. The van der Waals surface area contributed by atoms with Crippen LogP contribution in [0.2, 0.25) is 0 Å². The van der Waals surface area contributed by atoms with Crippen molar-refractivity contribution in [3.63, 3.8) is 0 Å². The van der Waals surface area contributed by atoms with Crippen molar-refractivity contribution in [1.29, 1.82) is 0 Å². The number of imide groups is 1. The normalized spacial score (nSPS) is 14.6. The molecule has 5 rings (SSSR count). The summed E-state index contributed by atoms with van der Waals surface area (Å²) in [5.74, 6) is -0.247. The van der Waals surface area contributed by atoms with Gasteiger partial charge in [-0.1, -0.05) is 42.0 Å². The maximum absolute atomic E-state index is 13.6. The molecular weight excluding hydrogens is 525 g/mol. The van der Waals surface area contributed by atoms with E-state index < -0.39 is 29.2 Å². The first-order chi connectivity index (χ1) is 19.1. The van der Waals surface area contributed by atoms with Crippen molar-refractivity contribution in [1.82, 2.24) is 20.0 Å². The molecule has 0 saturated carbocycles. The third kappa shape index (κ3) is 5.00. The maximum Gasteiger partial charge on any atom is 0.416 e. The highest BCUT2D eigenvalue weighted by molar-refractivity contribution is 6.14. The number of ether oxygens (including phenoxy) is 1. The maximum atomic E-state index is 13.6. The van der Waals surface area contributed by atoms with Gasteiger partial charge in [-0.25, -0.2) is 9.48 Å². The first-order valence-electron chi connectivity index (χ1n) is 12.1. The lowest BCUT2D eigenvalue weighted by Gasteiger charge is -2.13. The minimum absolute atomic E-state index is 0.102. The molecule has 1 aromatic heterocycles. The van der Waals surface area contributed by atoms with E-state index in [1.807, 2.05) is 19.1 Å². The average Bonchev–Trinajstić information content (AvgIpc) is 3.39. The van der Waals surface area contributed by atoms with E-state index in [2.05, 4.69) is 10.4 Å². The van der Waals surface area contributed by atoms with Crippen LogP contribution in [-0.4, -0.2) is 33.7 Å². The Morgan fingerprint density at radius 2 is 1.60 bits per heavy atom. The number of methoxy groups -OCH3 is 1. The number of carbonyl (C=O) groups is 2. The fourth-order valence-corrected chi connectivity index (χ4v) is 4.36. The summed E-state index contributed by atoms with van der Waals surface area (Å²) in [6, 6.07) is 17.7. The number of aromatic nitrogens is 2. The Kier molecular flexibility index (Phi) is 6.80. The second kappa shape index (κ2) is 10.3. The number of hydrogen-bond acceptors (Lipinski definition) is 4. The number of benzene rings is 3. The minimum Gasteiger partial charge on any atom is -0.496 e. The van der Waals surface area contributed by atoms with Gasteiger partial charge in [0.2, 0.25) is 0 Å². The monoisotopic (exact) mass is 548 g/mol. The van der Waals surface area contributed by atoms with Crippen molar-refractivity contribution in [2.24, 2.45) is 0 Å². The molecule has 0 aliphatic carbocycles. The van der Waals surface area contributed by atoms with Crippen molar-refractivity contribution in [3.8, 4) is 22.7 Å². The lowest BCUT2D eigenvalue weighted by molar-refractivity contribution is -0.137. The molecule has 0 bridgehead atoms. The van der Waals surface area contributed by atoms with E-state index in [1.54, 1.807) is 36.4 Å². The lowest BCUT2D eigenvalue weighted by Crippen LogP contribution is -2.30. The number of para-hydroxylation sites is 1. The first-order valence-corrected chi connectivity index (χ1v) is 12.1. The first kappa shape index (κ1) is 26.5. The molecular formula is C29H23F3N4O4. The summed E-state index contributed by atoms with van der Waals surface area (Å²) >= 11 is 0. The highest BCUT2D eigenvalue weighted by atomic mass is 19.4. The number of alkyl halides is 3. The molecule has 4 aromatic rings. The van der Waals surface area contributed by atoms with Crippen LogP contribution in [0.5, 0.6) is 5.75 Å². The molecule has 2 N–H and O–H groups in total. The summed E-state index contributed by atoms with van der Waals surface area (Å²) < 4.78 is 45.5. The third-order valence-corrected chi connectivity index (χ3v) is 6.47. The molecule has 8 nitrogen and oxygen atoms in total. The van der Waals surface area contributed by atoms with Crippen LogP contribution in [0.15, 0.2) is 83.3 Å². The van der Waals surface area contributed by atoms with E-state index in [4.69, 9.17) is 4.74 Å². The van der Waals surface area contributed by atoms with Crippen LogP contribution in [0.1, 0.15) is 22.3 Å². The molecule has 2 heterocycles. The standard InChI is InChI=1S/C29H23F3N4O4/c1-17-7-13-20(14-8-17)36-26(37)22(25(34-36)21-5-3-4-6-24(21)40-2)15-23-27(38)35(28(39)33-23)16-18-9-11-19(12-10-18)29(30,31)32/h3-15,34H,16H2,1-2H3,(H,33,39)/b23-15-. The Labute approximate surface area is 226 Å². The van der Waals surface area contributed by atoms with Crippen LogP contribution < -0.4 is 15.6 Å². The number of hydrogen-bond donors (Lipinski definition) is 2. The fourth-order valence-electron chi connectivity index (χ4n) is 4.36. The van der Waals surface area contributed by atoms with Crippen molar-refractivity contribution < 1.29 is 27.5 Å². The van der Waals surface area contributed by atoms with Crippen LogP contribution >= 0.6 is 0 Å². The topological polar surface area (TPSA) is 96.4 Å². The van der Waals surface area contributed by atoms with Crippen molar-refractivity contribution in [3.05, 3.63) is 111 Å². The zero-order chi connectivity index (χ0) is 28.6. The number of aromatic amines is 1. The van der Waals surface area contributed by atoms with Gasteiger partial charge >= 0.3 is 12.2 Å². The van der Waals surface area contributed by atoms with Gasteiger partial charge in [0.15, 0.2) is 0 Å². The molecule has 1 aliphatic rings. The molecule has 0 unspecified atom stereocenters. The number of urea groups is 1. The quantitative estimate of drug-likeness (QED) is 0.254. The van der Waals surface area contributed by atoms with Crippen LogP contribution in [0, 0.1) is 6.92 Å². The van der Waals surface area contributed by atoms with Crippen molar-refractivity contribution in [2.45, 2.75) is 19.6 Å². The number of nitrogens with one attached hydrogen (secondary N) is 2. The predicted octanol–water partition coefficient (Wildman–Crippen LogP) is 5.26. The summed E-state index contributed by atoms with van der Waals surface area (Å²) in [7, 11) is 1.49. The predicted molar refractivity (Wildman–Crippen MR) is 142 cm³/mol. The number of aryl methyl sites for hydroxylation is 1. The van der Waals surface area contributed by atoms with Gasteiger partial charge < -0.3 is 10.1 Å². The zero-order valence-electron chi connectivity index (χ0n) is 21.4. The largest absolute Gasteiger partial charge is 0.496 e. The Hall–Kier alpha value is -5.06. The minimum atomic E-state index is -4.50. The van der Waals surface area contributed by atoms with Crippen molar-refractivity contribution in [2.75, 3.05) is 7.11 Å². The van der Waals surface area contributed by atoms with Crippen LogP contribution in [0.3, 0.4) is 0 Å². The molecule has 11 heteroatoms. The summed E-state index contributed by atoms with van der Waals surface area (Å²) in [5, 5.41) is 5.57. The number of H-pyrrole nitrogens is 1. The third-order valence-electron chi connectivity index (χ3n) is 6.47. The summed E-state index contributed by atoms with van der Waals surface area (Å²) in [6.45, 7) is 1.67. The molecule has 3 amide bonds. The van der Waals surface area contributed by atoms with E-state index >= 15 is 0 Å². The van der Waals surface area contributed by atoms with E-state index in [0.29, 0.717) is 28.3 Å². The molecule has 1 saturated heterocycles. The van der Waals surface area contributed by atoms with E-state index in [1.165, 1.54) is 30.0 Å². The summed E-state index contributed by atoms with van der Waals surface area (Å²) in [4.78, 5) is 40.4. The van der Waals surface area contributed by atoms with Gasteiger partial charge in [0, 0.05) is 5.56 Å². The molecule has 0 radical (unpaired) electrons. The number of amides is 3. The second-order valence-corrected chi connectivity index (χ2v) is 9.15. The van der Waals surface area contributed by atoms with Gasteiger partial charge in [-0.05, 0) is 55.0 Å². The highest BCUT2D eigenvalue weighted by Gasteiger charge is 2.35. The zero-order valence-corrected chi connectivity index (χ0v) is 21.4. The second-order valence-electron chi connectivity index (χ2n) is 9.15. The lowest BCUT2D eigenvalue weighted by atomic mass is 10.1. The van der Waals surface area contributed by atoms with Gasteiger partial charge in [0.25, 0.3) is 11.5 Å². The van der Waals surface area contributed by atoms with E-state index in [-0.39, 0.29) is 17.8 Å². The van der Waals surface area contributed by atoms with Gasteiger partial charge in [-0.3, -0.25) is 19.6 Å². The van der Waals surface area contributed by atoms with Gasteiger partial charge in [0.05, 0.1) is 36.2 Å². The molecule has 1 aliphatic heterocycles. The van der Waals surface area contributed by atoms with Crippen LogP contribution in [0.4, 0.5) is 18.0 Å². The van der Waals surface area contributed by atoms with Crippen LogP contribution in [0.25, 0.3) is 23.0 Å². The summed E-state index contributed by atoms with van der Waals surface area (Å²) in [6.07, 6.45) is -3.21. The molecule has 40 heavy (non-hydrogen) atoms. The Balaban J connectivity index is 1.54. The molecule has 3 aromatic carbocycles. The Morgan fingerprint density at radius 1 is 0.925 bits per heavy atom. The van der Waals surface area contributed by atoms with Crippen molar-refractivity contribution >= 4 is 18.0 Å². The number of carbonyl (C=O) groups excluding carboxylic acids is 2. The molecule has 1 fully saturated rings. The fraction of sp³-hybridized carbons (Fsp3) is 0.138. The molecule has 204 valence electrons. The molecule has 0 spiro atoms. The number of rotatable bonds is 6. The highest BCUT2D eigenvalue weighted by Crippen LogP contribution is 2.32. The van der Waals surface area contributed by atoms with Gasteiger partial charge in [-0.2, -0.15) is 13.2 Å². The Morgan fingerprint density at radius 3 is 2.25 bits per heavy atom. The van der Waals surface area contributed by atoms with Gasteiger partial charge in [-0.15, -0.1) is 0 Å². The molecule has 0 atom stereocenters. The summed E-state index contributed by atoms with van der Waals surface area (Å²) in [5.41, 5.74) is 1.44. The van der Waals surface area contributed by atoms with Gasteiger partial charge in [0.1, 0.15) is 11.4 Å². The van der Waals surface area contributed by atoms with E-state index in [0.717, 1.165) is 22.6 Å². The smallest absolute Gasteiger partial charge is 0.416 e. The number of nitrogens with zero attached hydrogens (tertiary/aromatic N) is 2. The number of halogens is 3. The van der Waals surface area contributed by atoms with Crippen LogP contribution in [-0.2, 0) is 17.5 Å². The Bertz CT molecular complexity index is 1680.